The highest BCUT2D eigenvalue weighted by atomic mass is 19.1. The summed E-state index contributed by atoms with van der Waals surface area (Å²) in [6.07, 6.45) is 7.04. The van der Waals surface area contributed by atoms with Gasteiger partial charge >= 0.3 is 0 Å². The molecule has 0 bridgehead atoms. The van der Waals surface area contributed by atoms with Crippen LogP contribution in [0.2, 0.25) is 0 Å². The Labute approximate surface area is 158 Å². The molecule has 3 rings (SSSR count). The number of nitrogens with zero attached hydrogens (tertiary/aromatic N) is 4. The topological polar surface area (TPSA) is 67.1 Å². The van der Waals surface area contributed by atoms with Crippen molar-refractivity contribution in [2.45, 2.75) is 26.4 Å². The number of benzene rings is 1. The average molecular weight is 366 g/mol. The molecule has 0 aliphatic rings. The van der Waals surface area contributed by atoms with E-state index in [2.05, 4.69) is 25.6 Å². The maximum Gasteiger partial charge on any atom is 0.191 e. The molecule has 0 aliphatic heterocycles. The van der Waals surface area contributed by atoms with Gasteiger partial charge in [0.15, 0.2) is 5.96 Å². The van der Waals surface area contributed by atoms with Crippen molar-refractivity contribution in [3.05, 3.63) is 77.8 Å². The normalized spacial score (nSPS) is 12.7. The van der Waals surface area contributed by atoms with E-state index in [1.54, 1.807) is 44.8 Å². The van der Waals surface area contributed by atoms with Crippen LogP contribution in [0.3, 0.4) is 0 Å². The highest BCUT2D eigenvalue weighted by molar-refractivity contribution is 5.80. The molecule has 2 heterocycles. The second kappa shape index (κ2) is 8.44. The van der Waals surface area contributed by atoms with Crippen molar-refractivity contribution in [1.82, 2.24) is 25.2 Å². The number of rotatable bonds is 5. The predicted molar refractivity (Wildman–Crippen MR) is 104 cm³/mol. The number of pyridine rings is 1. The van der Waals surface area contributed by atoms with Crippen molar-refractivity contribution in [3.8, 4) is 5.82 Å². The third-order valence-corrected chi connectivity index (χ3v) is 4.31. The molecule has 140 valence electrons. The molecule has 0 aliphatic carbocycles. The van der Waals surface area contributed by atoms with Crippen LogP contribution in [-0.2, 0) is 6.54 Å². The van der Waals surface area contributed by atoms with Crippen molar-refractivity contribution < 1.29 is 4.39 Å². The molecule has 7 heteroatoms. The fourth-order valence-corrected chi connectivity index (χ4v) is 2.65. The van der Waals surface area contributed by atoms with Gasteiger partial charge in [-0.2, -0.15) is 0 Å². The molecule has 6 nitrogen and oxygen atoms in total. The van der Waals surface area contributed by atoms with Gasteiger partial charge in [-0.15, -0.1) is 0 Å². The molecule has 0 amide bonds. The van der Waals surface area contributed by atoms with Gasteiger partial charge < -0.3 is 10.6 Å². The van der Waals surface area contributed by atoms with Crippen LogP contribution in [0, 0.1) is 12.7 Å². The Hall–Kier alpha value is -3.22. The van der Waals surface area contributed by atoms with Gasteiger partial charge in [-0.25, -0.2) is 14.4 Å². The number of guanidine groups is 1. The number of nitrogens with one attached hydrogen (secondary N) is 2. The molecule has 1 unspecified atom stereocenters. The zero-order chi connectivity index (χ0) is 19.2. The van der Waals surface area contributed by atoms with Gasteiger partial charge in [0.25, 0.3) is 0 Å². The Morgan fingerprint density at radius 3 is 2.81 bits per heavy atom. The summed E-state index contributed by atoms with van der Waals surface area (Å²) < 4.78 is 15.6. The molecular weight excluding hydrogens is 343 g/mol. The monoisotopic (exact) mass is 366 g/mol. The summed E-state index contributed by atoms with van der Waals surface area (Å²) in [5.74, 6) is 1.25. The first kappa shape index (κ1) is 18.6. The summed E-state index contributed by atoms with van der Waals surface area (Å²) in [6, 6.07) is 9.11. The molecule has 2 N–H and O–H groups in total. The first-order valence-electron chi connectivity index (χ1n) is 8.73. The molecule has 0 saturated heterocycles. The highest BCUT2D eigenvalue weighted by Crippen LogP contribution is 2.16. The zero-order valence-electron chi connectivity index (χ0n) is 15.6. The van der Waals surface area contributed by atoms with E-state index in [1.165, 1.54) is 0 Å². The maximum absolute atomic E-state index is 13.8. The highest BCUT2D eigenvalue weighted by Gasteiger charge is 2.10. The van der Waals surface area contributed by atoms with E-state index in [0.717, 1.165) is 16.9 Å². The molecule has 3 aromatic rings. The fourth-order valence-electron chi connectivity index (χ4n) is 2.65. The van der Waals surface area contributed by atoms with Crippen molar-refractivity contribution in [2.75, 3.05) is 7.05 Å². The Kier molecular flexibility index (Phi) is 5.80. The van der Waals surface area contributed by atoms with Crippen LogP contribution in [0.4, 0.5) is 4.39 Å². The van der Waals surface area contributed by atoms with Crippen LogP contribution < -0.4 is 10.6 Å². The van der Waals surface area contributed by atoms with Crippen molar-refractivity contribution in [1.29, 1.82) is 0 Å². The SMILES string of the molecule is CN=C(NCc1ccnc(-n2ccnc2)c1)NC(C)c1ccc(C)c(F)c1. The third kappa shape index (κ3) is 4.69. The fraction of sp³-hybridized carbons (Fsp3) is 0.250. The summed E-state index contributed by atoms with van der Waals surface area (Å²) in [4.78, 5) is 12.6. The minimum atomic E-state index is -0.201. The van der Waals surface area contributed by atoms with E-state index in [-0.39, 0.29) is 11.9 Å². The maximum atomic E-state index is 13.8. The molecule has 0 fully saturated rings. The second-order valence-corrected chi connectivity index (χ2v) is 6.29. The molecule has 27 heavy (non-hydrogen) atoms. The Morgan fingerprint density at radius 1 is 1.26 bits per heavy atom. The van der Waals surface area contributed by atoms with Crippen LogP contribution in [0.1, 0.15) is 29.7 Å². The van der Waals surface area contributed by atoms with Gasteiger partial charge in [0.05, 0.1) is 6.04 Å². The smallest absolute Gasteiger partial charge is 0.191 e. The lowest BCUT2D eigenvalue weighted by Gasteiger charge is -2.19. The zero-order valence-corrected chi connectivity index (χ0v) is 15.6. The Balaban J connectivity index is 1.62. The van der Waals surface area contributed by atoms with E-state index in [9.17, 15) is 4.39 Å². The number of aryl methyl sites for hydroxylation is 1. The molecule has 0 saturated carbocycles. The van der Waals surface area contributed by atoms with Crippen molar-refractivity contribution >= 4 is 5.96 Å². The minimum Gasteiger partial charge on any atom is -0.352 e. The molecular formula is C20H23FN6. The second-order valence-electron chi connectivity index (χ2n) is 6.29. The quantitative estimate of drug-likeness (QED) is 0.538. The summed E-state index contributed by atoms with van der Waals surface area (Å²) >= 11 is 0. The first-order valence-corrected chi connectivity index (χ1v) is 8.73. The van der Waals surface area contributed by atoms with Crippen LogP contribution in [-0.4, -0.2) is 27.5 Å². The largest absolute Gasteiger partial charge is 0.352 e. The first-order chi connectivity index (χ1) is 13.1. The predicted octanol–water partition coefficient (Wildman–Crippen LogP) is 3.14. The molecule has 1 aromatic carbocycles. The summed E-state index contributed by atoms with van der Waals surface area (Å²) in [5, 5.41) is 6.56. The lowest BCUT2D eigenvalue weighted by molar-refractivity contribution is 0.607. The number of aromatic nitrogens is 3. The number of hydrogen-bond donors (Lipinski definition) is 2. The van der Waals surface area contributed by atoms with Crippen LogP contribution in [0.5, 0.6) is 0 Å². The minimum absolute atomic E-state index is 0.0785. The lowest BCUT2D eigenvalue weighted by atomic mass is 10.1. The number of halogens is 1. The van der Waals surface area contributed by atoms with Gasteiger partial charge in [0.1, 0.15) is 18.0 Å². The van der Waals surface area contributed by atoms with Gasteiger partial charge in [0, 0.05) is 32.2 Å². The van der Waals surface area contributed by atoms with Gasteiger partial charge in [-0.05, 0) is 48.7 Å². The van der Waals surface area contributed by atoms with E-state index in [1.807, 2.05) is 35.9 Å². The van der Waals surface area contributed by atoms with Crippen LogP contribution in [0.25, 0.3) is 5.82 Å². The molecule has 2 aromatic heterocycles. The molecule has 0 radical (unpaired) electrons. The summed E-state index contributed by atoms with van der Waals surface area (Å²) in [5.41, 5.74) is 2.57. The number of aliphatic imine (C=N–C) groups is 1. The third-order valence-electron chi connectivity index (χ3n) is 4.31. The summed E-state index contributed by atoms with van der Waals surface area (Å²) in [7, 11) is 1.71. The van der Waals surface area contributed by atoms with E-state index >= 15 is 0 Å². The van der Waals surface area contributed by atoms with Crippen molar-refractivity contribution in [3.63, 3.8) is 0 Å². The van der Waals surface area contributed by atoms with E-state index in [0.29, 0.717) is 18.1 Å². The van der Waals surface area contributed by atoms with Crippen LogP contribution >= 0.6 is 0 Å². The standard InChI is InChI=1S/C20H23FN6/c1-14-4-5-17(11-18(14)21)15(2)26-20(22-3)25-12-16-6-7-24-19(10-16)27-9-8-23-13-27/h4-11,13,15H,12H2,1-3H3,(H2,22,25,26). The molecule has 1 atom stereocenters. The Bertz CT molecular complexity index is 920. The van der Waals surface area contributed by atoms with Crippen molar-refractivity contribution in [2.24, 2.45) is 4.99 Å². The number of imidazole rings is 1. The van der Waals surface area contributed by atoms with Gasteiger partial charge in [0.2, 0.25) is 0 Å². The summed E-state index contributed by atoms with van der Waals surface area (Å²) in [6.45, 7) is 4.31. The lowest BCUT2D eigenvalue weighted by Crippen LogP contribution is -2.38. The van der Waals surface area contributed by atoms with Gasteiger partial charge in [-0.1, -0.05) is 12.1 Å². The number of hydrogen-bond acceptors (Lipinski definition) is 3. The van der Waals surface area contributed by atoms with E-state index in [4.69, 9.17) is 0 Å². The average Bonchev–Trinajstić information content (AvgIpc) is 3.22. The van der Waals surface area contributed by atoms with E-state index < -0.39 is 0 Å². The van der Waals surface area contributed by atoms with Gasteiger partial charge in [-0.3, -0.25) is 9.56 Å². The molecule has 0 spiro atoms. The van der Waals surface area contributed by atoms with Crippen LogP contribution in [0.15, 0.2) is 60.2 Å². The Morgan fingerprint density at radius 2 is 2.11 bits per heavy atom.